The third-order valence-corrected chi connectivity index (χ3v) is 4.23. The zero-order chi connectivity index (χ0) is 13.7. The fourth-order valence-corrected chi connectivity index (χ4v) is 2.89. The molecular formula is C15H20ClNO2. The van der Waals surface area contributed by atoms with Gasteiger partial charge in [-0.05, 0) is 50.3 Å². The molecule has 1 saturated carbocycles. The molecule has 3 nitrogen and oxygen atoms in total. The number of rotatable bonds is 5. The van der Waals surface area contributed by atoms with Gasteiger partial charge in [-0.15, -0.1) is 0 Å². The summed E-state index contributed by atoms with van der Waals surface area (Å²) in [5, 5.41) is 13.3. The van der Waals surface area contributed by atoms with Gasteiger partial charge in [-0.25, -0.2) is 0 Å². The summed E-state index contributed by atoms with van der Waals surface area (Å²) in [6.45, 7) is 0.895. The second kappa shape index (κ2) is 6.92. The molecule has 1 fully saturated rings. The Hall–Kier alpha value is -1.06. The van der Waals surface area contributed by atoms with Gasteiger partial charge < -0.3 is 10.4 Å². The van der Waals surface area contributed by atoms with E-state index >= 15 is 0 Å². The van der Waals surface area contributed by atoms with Crippen LogP contribution >= 0.6 is 11.6 Å². The van der Waals surface area contributed by atoms with Crippen LogP contribution in [0.5, 0.6) is 0 Å². The number of hydrogen-bond donors (Lipinski definition) is 2. The van der Waals surface area contributed by atoms with Crippen molar-refractivity contribution in [3.63, 3.8) is 0 Å². The van der Waals surface area contributed by atoms with Gasteiger partial charge in [-0.3, -0.25) is 4.79 Å². The Bertz CT molecular complexity index is 428. The van der Waals surface area contributed by atoms with E-state index in [1.54, 1.807) is 0 Å². The molecule has 0 bridgehead atoms. The van der Waals surface area contributed by atoms with E-state index in [0.717, 1.165) is 49.2 Å². The molecule has 0 atom stereocenters. The monoisotopic (exact) mass is 281 g/mol. The van der Waals surface area contributed by atoms with E-state index in [2.05, 4.69) is 5.32 Å². The van der Waals surface area contributed by atoms with Crippen LogP contribution in [0.3, 0.4) is 0 Å². The summed E-state index contributed by atoms with van der Waals surface area (Å²) < 4.78 is 0. The molecule has 0 amide bonds. The highest BCUT2D eigenvalue weighted by atomic mass is 35.5. The third-order valence-electron chi connectivity index (χ3n) is 3.86. The van der Waals surface area contributed by atoms with Crippen molar-refractivity contribution in [2.24, 2.45) is 5.92 Å². The largest absolute Gasteiger partial charge is 0.481 e. The molecular weight excluding hydrogens is 262 g/mol. The van der Waals surface area contributed by atoms with Gasteiger partial charge in [0.1, 0.15) is 0 Å². The number of hydrogen-bond acceptors (Lipinski definition) is 2. The fourth-order valence-electron chi connectivity index (χ4n) is 2.66. The van der Waals surface area contributed by atoms with Crippen molar-refractivity contribution < 1.29 is 9.90 Å². The minimum atomic E-state index is -0.644. The highest BCUT2D eigenvalue weighted by molar-refractivity contribution is 6.31. The summed E-state index contributed by atoms with van der Waals surface area (Å²) in [5.74, 6) is -0.781. The molecule has 2 N–H and O–H groups in total. The minimum absolute atomic E-state index is 0.137. The zero-order valence-electron chi connectivity index (χ0n) is 10.9. The molecule has 1 aliphatic rings. The molecule has 19 heavy (non-hydrogen) atoms. The van der Waals surface area contributed by atoms with Gasteiger partial charge in [0.25, 0.3) is 0 Å². The quantitative estimate of drug-likeness (QED) is 0.872. The Labute approximate surface area is 119 Å². The Morgan fingerprint density at radius 1 is 1.26 bits per heavy atom. The first kappa shape index (κ1) is 14.4. The average molecular weight is 282 g/mol. The van der Waals surface area contributed by atoms with Gasteiger partial charge in [0.15, 0.2) is 0 Å². The number of carbonyl (C=O) groups is 1. The van der Waals surface area contributed by atoms with Gasteiger partial charge in [-0.1, -0.05) is 29.8 Å². The molecule has 0 aliphatic heterocycles. The van der Waals surface area contributed by atoms with Crippen LogP contribution in [0.1, 0.15) is 31.2 Å². The third kappa shape index (κ3) is 4.22. The molecule has 4 heteroatoms. The van der Waals surface area contributed by atoms with Crippen LogP contribution in [-0.2, 0) is 11.2 Å². The van der Waals surface area contributed by atoms with Gasteiger partial charge in [0, 0.05) is 11.1 Å². The van der Waals surface area contributed by atoms with E-state index < -0.39 is 5.97 Å². The topological polar surface area (TPSA) is 49.3 Å². The molecule has 0 heterocycles. The van der Waals surface area contributed by atoms with Crippen LogP contribution in [0, 0.1) is 5.92 Å². The predicted octanol–water partition coefficient (Wildman–Crippen LogP) is 3.12. The average Bonchev–Trinajstić information content (AvgIpc) is 2.41. The van der Waals surface area contributed by atoms with Crippen LogP contribution < -0.4 is 5.32 Å². The van der Waals surface area contributed by atoms with E-state index in [9.17, 15) is 4.79 Å². The molecule has 0 saturated heterocycles. The van der Waals surface area contributed by atoms with Crippen LogP contribution in [-0.4, -0.2) is 23.7 Å². The number of nitrogens with one attached hydrogen (secondary N) is 1. The fraction of sp³-hybridized carbons (Fsp3) is 0.533. The molecule has 104 valence electrons. The van der Waals surface area contributed by atoms with Crippen molar-refractivity contribution in [2.45, 2.75) is 38.1 Å². The van der Waals surface area contributed by atoms with Gasteiger partial charge >= 0.3 is 5.97 Å². The number of halogens is 1. The van der Waals surface area contributed by atoms with Gasteiger partial charge in [-0.2, -0.15) is 0 Å². The molecule has 1 aliphatic carbocycles. The Morgan fingerprint density at radius 2 is 1.95 bits per heavy atom. The zero-order valence-corrected chi connectivity index (χ0v) is 11.7. The molecule has 2 rings (SSSR count). The first-order valence-corrected chi connectivity index (χ1v) is 7.24. The maximum atomic E-state index is 10.9. The van der Waals surface area contributed by atoms with Crippen molar-refractivity contribution >= 4 is 17.6 Å². The van der Waals surface area contributed by atoms with Crippen LogP contribution in [0.25, 0.3) is 0 Å². The molecule has 1 aromatic carbocycles. The Kier molecular flexibility index (Phi) is 5.23. The maximum absolute atomic E-state index is 10.9. The van der Waals surface area contributed by atoms with Crippen molar-refractivity contribution in [3.05, 3.63) is 34.9 Å². The summed E-state index contributed by atoms with van der Waals surface area (Å²) in [6.07, 6.45) is 4.41. The second-order valence-corrected chi connectivity index (χ2v) is 5.59. The summed E-state index contributed by atoms with van der Waals surface area (Å²) in [6, 6.07) is 8.35. The Morgan fingerprint density at radius 3 is 2.58 bits per heavy atom. The second-order valence-electron chi connectivity index (χ2n) is 5.18. The molecule has 1 aromatic rings. The smallest absolute Gasteiger partial charge is 0.306 e. The van der Waals surface area contributed by atoms with Crippen molar-refractivity contribution in [2.75, 3.05) is 6.54 Å². The lowest BCUT2D eigenvalue weighted by Gasteiger charge is -2.27. The lowest BCUT2D eigenvalue weighted by atomic mass is 9.86. The lowest BCUT2D eigenvalue weighted by Crippen LogP contribution is -2.36. The van der Waals surface area contributed by atoms with E-state index in [0.29, 0.717) is 6.04 Å². The van der Waals surface area contributed by atoms with Crippen LogP contribution in [0.15, 0.2) is 24.3 Å². The van der Waals surface area contributed by atoms with Gasteiger partial charge in [0.05, 0.1) is 5.92 Å². The lowest BCUT2D eigenvalue weighted by molar-refractivity contribution is -0.142. The molecule has 0 spiro atoms. The Balaban J connectivity index is 1.70. The SMILES string of the molecule is O=C(O)C1CCC(NCCc2ccccc2Cl)CC1. The molecule has 0 unspecified atom stereocenters. The first-order valence-electron chi connectivity index (χ1n) is 6.86. The van der Waals surface area contributed by atoms with Crippen molar-refractivity contribution in [1.29, 1.82) is 0 Å². The molecule has 0 radical (unpaired) electrons. The minimum Gasteiger partial charge on any atom is -0.481 e. The first-order chi connectivity index (χ1) is 9.16. The highest BCUT2D eigenvalue weighted by Gasteiger charge is 2.25. The van der Waals surface area contributed by atoms with E-state index in [1.807, 2.05) is 24.3 Å². The standard InChI is InChI=1S/C15H20ClNO2/c16-14-4-2-1-3-11(14)9-10-17-13-7-5-12(6-8-13)15(18)19/h1-4,12-13,17H,5-10H2,(H,18,19). The highest BCUT2D eigenvalue weighted by Crippen LogP contribution is 2.24. The normalized spacial score (nSPS) is 23.2. The number of carboxylic acid groups (broad SMARTS) is 1. The van der Waals surface area contributed by atoms with Crippen LogP contribution in [0.2, 0.25) is 5.02 Å². The molecule has 0 aromatic heterocycles. The number of aliphatic carboxylic acids is 1. The summed E-state index contributed by atoms with van der Waals surface area (Å²) in [7, 11) is 0. The van der Waals surface area contributed by atoms with E-state index in [1.165, 1.54) is 0 Å². The van der Waals surface area contributed by atoms with Crippen molar-refractivity contribution in [1.82, 2.24) is 5.32 Å². The predicted molar refractivity (Wildman–Crippen MR) is 76.5 cm³/mol. The summed E-state index contributed by atoms with van der Waals surface area (Å²) in [4.78, 5) is 10.9. The van der Waals surface area contributed by atoms with Gasteiger partial charge in [0.2, 0.25) is 0 Å². The summed E-state index contributed by atoms with van der Waals surface area (Å²) in [5.41, 5.74) is 1.16. The number of carboxylic acids is 1. The number of benzene rings is 1. The van der Waals surface area contributed by atoms with E-state index in [-0.39, 0.29) is 5.92 Å². The summed E-state index contributed by atoms with van der Waals surface area (Å²) >= 11 is 6.11. The van der Waals surface area contributed by atoms with E-state index in [4.69, 9.17) is 16.7 Å². The van der Waals surface area contributed by atoms with Crippen molar-refractivity contribution in [3.8, 4) is 0 Å². The van der Waals surface area contributed by atoms with Crippen LogP contribution in [0.4, 0.5) is 0 Å². The maximum Gasteiger partial charge on any atom is 0.306 e.